The molecule has 0 amide bonds. The van der Waals surface area contributed by atoms with E-state index in [1.54, 1.807) is 21.0 Å². The molecule has 0 aliphatic carbocycles. The zero-order valence-electron chi connectivity index (χ0n) is 10.6. The van der Waals surface area contributed by atoms with E-state index in [1.165, 1.54) is 35.5 Å². The lowest BCUT2D eigenvalue weighted by atomic mass is 10.1. The van der Waals surface area contributed by atoms with Crippen molar-refractivity contribution in [2.24, 2.45) is 4.40 Å². The van der Waals surface area contributed by atoms with Crippen molar-refractivity contribution in [3.8, 4) is 0 Å². The number of rotatable bonds is 5. The molecule has 1 aromatic carbocycles. The van der Waals surface area contributed by atoms with Crippen LogP contribution in [0.25, 0.3) is 0 Å². The molecule has 0 spiro atoms. The summed E-state index contributed by atoms with van der Waals surface area (Å²) in [4.78, 5) is 13.0. The molecule has 5 nitrogen and oxygen atoms in total. The average molecular weight is 268 g/mol. The lowest BCUT2D eigenvalue weighted by Gasteiger charge is -2.04. The van der Waals surface area contributed by atoms with Crippen molar-refractivity contribution in [1.82, 2.24) is 4.90 Å². The van der Waals surface area contributed by atoms with Gasteiger partial charge >= 0.3 is 0 Å². The molecule has 0 aromatic heterocycles. The Labute approximate surface area is 107 Å². The molecule has 0 fully saturated rings. The summed E-state index contributed by atoms with van der Waals surface area (Å²) in [6, 6.07) is 5.80. The summed E-state index contributed by atoms with van der Waals surface area (Å²) >= 11 is 0. The highest BCUT2D eigenvalue weighted by atomic mass is 32.2. The molecule has 1 rings (SSSR count). The van der Waals surface area contributed by atoms with Crippen LogP contribution in [-0.2, 0) is 10.0 Å². The summed E-state index contributed by atoms with van der Waals surface area (Å²) in [5, 5.41) is 0. The number of Topliss-reactive ketones (excluding diaryl/α,β-unsaturated/α-hetero) is 1. The topological polar surface area (TPSA) is 66.8 Å². The summed E-state index contributed by atoms with van der Waals surface area (Å²) < 4.78 is 27.1. The minimum absolute atomic E-state index is 0.0178. The molecule has 0 heterocycles. The van der Waals surface area contributed by atoms with Crippen molar-refractivity contribution >= 4 is 22.1 Å². The number of benzene rings is 1. The van der Waals surface area contributed by atoms with E-state index in [0.717, 1.165) is 0 Å². The smallest absolute Gasteiger partial charge is 0.283 e. The number of nitrogens with zero attached hydrogens (tertiary/aromatic N) is 2. The predicted octanol–water partition coefficient (Wildman–Crippen LogP) is 1.56. The lowest BCUT2D eigenvalue weighted by molar-refractivity contribution is 0.0988. The van der Waals surface area contributed by atoms with Crippen LogP contribution in [0, 0.1) is 0 Å². The second-order valence-corrected chi connectivity index (χ2v) is 5.59. The number of ketones is 1. The molecule has 0 saturated heterocycles. The van der Waals surface area contributed by atoms with Gasteiger partial charge in [0.1, 0.15) is 6.34 Å². The molecule has 0 unspecified atom stereocenters. The molecule has 0 radical (unpaired) electrons. The van der Waals surface area contributed by atoms with Crippen LogP contribution in [0.4, 0.5) is 0 Å². The Morgan fingerprint density at radius 2 is 1.83 bits per heavy atom. The highest BCUT2D eigenvalue weighted by Crippen LogP contribution is 2.14. The van der Waals surface area contributed by atoms with Gasteiger partial charge in [0.2, 0.25) is 0 Å². The quantitative estimate of drug-likeness (QED) is 0.462. The van der Waals surface area contributed by atoms with Crippen LogP contribution in [0.3, 0.4) is 0 Å². The first-order chi connectivity index (χ1) is 8.36. The third kappa shape index (κ3) is 3.66. The SMILES string of the molecule is CCC(=O)c1ccc(S(=O)(=O)/N=C/N(C)C)cc1. The van der Waals surface area contributed by atoms with Crippen molar-refractivity contribution in [2.75, 3.05) is 14.1 Å². The minimum Gasteiger partial charge on any atom is -0.368 e. The van der Waals surface area contributed by atoms with Gasteiger partial charge in [-0.15, -0.1) is 4.40 Å². The number of carbonyl (C=O) groups is 1. The van der Waals surface area contributed by atoms with Gasteiger partial charge in [-0.25, -0.2) is 0 Å². The first-order valence-electron chi connectivity index (χ1n) is 5.47. The third-order valence-corrected chi connectivity index (χ3v) is 3.45. The van der Waals surface area contributed by atoms with Gasteiger partial charge in [0.15, 0.2) is 5.78 Å². The molecule has 0 N–H and O–H groups in total. The zero-order valence-corrected chi connectivity index (χ0v) is 11.4. The average Bonchev–Trinajstić information content (AvgIpc) is 2.36. The summed E-state index contributed by atoms with van der Waals surface area (Å²) in [7, 11) is -0.323. The number of hydrogen-bond donors (Lipinski definition) is 0. The van der Waals surface area contributed by atoms with Crippen molar-refractivity contribution < 1.29 is 13.2 Å². The lowest BCUT2D eigenvalue weighted by Crippen LogP contribution is -2.10. The molecule has 0 aliphatic rings. The number of carbonyl (C=O) groups excluding carboxylic acids is 1. The van der Waals surface area contributed by atoms with Gasteiger partial charge in [-0.3, -0.25) is 4.79 Å². The Bertz CT molecular complexity index is 545. The van der Waals surface area contributed by atoms with Crippen LogP contribution in [0.5, 0.6) is 0 Å². The second kappa shape index (κ2) is 5.77. The minimum atomic E-state index is -3.69. The molecule has 18 heavy (non-hydrogen) atoms. The zero-order chi connectivity index (χ0) is 13.8. The van der Waals surface area contributed by atoms with Crippen molar-refractivity contribution in [1.29, 1.82) is 0 Å². The van der Waals surface area contributed by atoms with Crippen molar-refractivity contribution in [3.05, 3.63) is 29.8 Å². The molecule has 0 bridgehead atoms. The monoisotopic (exact) mass is 268 g/mol. The molecule has 98 valence electrons. The maximum absolute atomic E-state index is 11.8. The van der Waals surface area contributed by atoms with Crippen LogP contribution in [0.1, 0.15) is 23.7 Å². The maximum Gasteiger partial charge on any atom is 0.283 e. The Morgan fingerprint density at radius 1 is 1.28 bits per heavy atom. The molecule has 0 saturated carbocycles. The largest absolute Gasteiger partial charge is 0.368 e. The molecule has 1 aromatic rings. The van der Waals surface area contributed by atoms with E-state index >= 15 is 0 Å². The fraction of sp³-hybridized carbons (Fsp3) is 0.333. The van der Waals surface area contributed by atoms with E-state index in [2.05, 4.69) is 4.40 Å². The Balaban J connectivity index is 3.02. The summed E-state index contributed by atoms with van der Waals surface area (Å²) in [5.41, 5.74) is 0.507. The highest BCUT2D eigenvalue weighted by Gasteiger charge is 2.12. The molecule has 0 atom stereocenters. The number of hydrogen-bond acceptors (Lipinski definition) is 3. The van der Waals surface area contributed by atoms with E-state index in [0.29, 0.717) is 12.0 Å². The summed E-state index contributed by atoms with van der Waals surface area (Å²) in [6.07, 6.45) is 1.62. The highest BCUT2D eigenvalue weighted by molar-refractivity contribution is 7.90. The maximum atomic E-state index is 11.8. The number of sulfonamides is 1. The predicted molar refractivity (Wildman–Crippen MR) is 70.4 cm³/mol. The van der Waals surface area contributed by atoms with E-state index < -0.39 is 10.0 Å². The third-order valence-electron chi connectivity index (χ3n) is 2.21. The molecule has 6 heteroatoms. The molecule has 0 aliphatic heterocycles. The van der Waals surface area contributed by atoms with Gasteiger partial charge < -0.3 is 4.90 Å². The second-order valence-electron chi connectivity index (χ2n) is 3.96. The molecular formula is C12H16N2O3S. The van der Waals surface area contributed by atoms with Gasteiger partial charge in [0.05, 0.1) is 4.90 Å². The summed E-state index contributed by atoms with van der Waals surface area (Å²) in [5.74, 6) is -0.0178. The standard InChI is InChI=1S/C12H16N2O3S/c1-4-12(15)10-5-7-11(8-6-10)18(16,17)13-9-14(2)3/h5-9H,4H2,1-3H3/b13-9+. The van der Waals surface area contributed by atoms with Gasteiger partial charge in [-0.1, -0.05) is 19.1 Å². The van der Waals surface area contributed by atoms with Crippen LogP contribution < -0.4 is 0 Å². The Morgan fingerprint density at radius 3 is 2.28 bits per heavy atom. The normalized spacial score (nSPS) is 11.7. The van der Waals surface area contributed by atoms with Crippen LogP contribution >= 0.6 is 0 Å². The van der Waals surface area contributed by atoms with Gasteiger partial charge in [-0.05, 0) is 12.1 Å². The van der Waals surface area contributed by atoms with Gasteiger partial charge in [0, 0.05) is 26.1 Å². The van der Waals surface area contributed by atoms with Crippen molar-refractivity contribution in [2.45, 2.75) is 18.2 Å². The van der Waals surface area contributed by atoms with Gasteiger partial charge in [0.25, 0.3) is 10.0 Å². The first kappa shape index (κ1) is 14.4. The molecular weight excluding hydrogens is 252 g/mol. The van der Waals surface area contributed by atoms with Crippen molar-refractivity contribution in [3.63, 3.8) is 0 Å². The Hall–Kier alpha value is -1.69. The summed E-state index contributed by atoms with van der Waals surface area (Å²) in [6.45, 7) is 1.76. The van der Waals surface area contributed by atoms with E-state index in [9.17, 15) is 13.2 Å². The van der Waals surface area contributed by atoms with E-state index in [-0.39, 0.29) is 10.7 Å². The van der Waals surface area contributed by atoms with E-state index in [1.807, 2.05) is 0 Å². The Kier molecular flexibility index (Phi) is 4.61. The van der Waals surface area contributed by atoms with Crippen LogP contribution in [-0.4, -0.2) is 39.5 Å². The first-order valence-corrected chi connectivity index (χ1v) is 6.91. The van der Waals surface area contributed by atoms with E-state index in [4.69, 9.17) is 0 Å². The van der Waals surface area contributed by atoms with Gasteiger partial charge in [-0.2, -0.15) is 8.42 Å². The van der Waals surface area contributed by atoms with Crippen LogP contribution in [0.2, 0.25) is 0 Å². The van der Waals surface area contributed by atoms with Crippen LogP contribution in [0.15, 0.2) is 33.6 Å². The fourth-order valence-corrected chi connectivity index (χ4v) is 2.15. The fourth-order valence-electron chi connectivity index (χ4n) is 1.23.